The van der Waals surface area contributed by atoms with E-state index in [1.807, 2.05) is 19.2 Å². The van der Waals surface area contributed by atoms with E-state index < -0.39 is 5.60 Å². The van der Waals surface area contributed by atoms with Crippen molar-refractivity contribution in [2.24, 2.45) is 5.41 Å². The Balaban J connectivity index is 1.16. The van der Waals surface area contributed by atoms with Crippen LogP contribution >= 0.6 is 23.4 Å². The summed E-state index contributed by atoms with van der Waals surface area (Å²) in [5.74, 6) is 1.37. The summed E-state index contributed by atoms with van der Waals surface area (Å²) >= 11 is 8.29. The molecule has 2 aromatic heterocycles. The van der Waals surface area contributed by atoms with Crippen LogP contribution in [-0.4, -0.2) is 33.1 Å². The van der Waals surface area contributed by atoms with Gasteiger partial charge in [-0.3, -0.25) is 4.98 Å². The molecule has 3 aliphatic carbocycles. The van der Waals surface area contributed by atoms with E-state index in [2.05, 4.69) is 34.1 Å². The van der Waals surface area contributed by atoms with Crippen molar-refractivity contribution < 1.29 is 5.11 Å². The number of aromatic nitrogens is 3. The molecule has 0 unspecified atom stereocenters. The number of anilines is 1. The van der Waals surface area contributed by atoms with Gasteiger partial charge in [0.1, 0.15) is 16.3 Å². The van der Waals surface area contributed by atoms with Crippen molar-refractivity contribution in [2.45, 2.75) is 79.7 Å². The molecule has 1 aromatic carbocycles. The summed E-state index contributed by atoms with van der Waals surface area (Å²) in [6.45, 7) is 3.94. The zero-order valence-electron chi connectivity index (χ0n) is 20.6. The van der Waals surface area contributed by atoms with Gasteiger partial charge in [-0.2, -0.15) is 0 Å². The van der Waals surface area contributed by atoms with Crippen molar-refractivity contribution in [1.82, 2.24) is 15.0 Å². The first-order valence-corrected chi connectivity index (χ1v) is 14.4. The topological polar surface area (TPSA) is 62.1 Å². The van der Waals surface area contributed by atoms with Crippen molar-refractivity contribution in [3.8, 4) is 0 Å². The van der Waals surface area contributed by atoms with Crippen LogP contribution in [0.15, 0.2) is 46.5 Å². The van der Waals surface area contributed by atoms with Gasteiger partial charge < -0.3 is 10.0 Å². The highest BCUT2D eigenvalue weighted by atomic mass is 35.5. The fourth-order valence-corrected chi connectivity index (χ4v) is 7.31. The Labute approximate surface area is 221 Å². The van der Waals surface area contributed by atoms with Crippen LogP contribution in [0.3, 0.4) is 0 Å². The number of fused-ring (bicyclic) bond motifs is 1. The summed E-state index contributed by atoms with van der Waals surface area (Å²) < 4.78 is 0. The zero-order chi connectivity index (χ0) is 24.5. The summed E-state index contributed by atoms with van der Waals surface area (Å²) in [4.78, 5) is 18.0. The third kappa shape index (κ3) is 4.02. The normalized spacial score (nSPS) is 21.6. The molecule has 0 bridgehead atoms. The molecule has 1 spiro atoms. The summed E-state index contributed by atoms with van der Waals surface area (Å²) in [6, 6.07) is 10.9. The van der Waals surface area contributed by atoms with Crippen LogP contribution in [0.25, 0.3) is 0 Å². The number of nitrogens with zero attached hydrogens (tertiary/aromatic N) is 4. The van der Waals surface area contributed by atoms with E-state index in [0.717, 1.165) is 89.5 Å². The maximum Gasteiger partial charge on any atom is 0.153 e. The van der Waals surface area contributed by atoms with E-state index in [4.69, 9.17) is 21.6 Å². The van der Waals surface area contributed by atoms with E-state index in [-0.39, 0.29) is 0 Å². The molecule has 5 nitrogen and oxygen atoms in total. The maximum atomic E-state index is 11.2. The lowest BCUT2D eigenvalue weighted by atomic mass is 9.76. The lowest BCUT2D eigenvalue weighted by Gasteiger charge is -2.40. The van der Waals surface area contributed by atoms with Gasteiger partial charge >= 0.3 is 0 Å². The number of hydrogen-bond donors (Lipinski definition) is 1. The van der Waals surface area contributed by atoms with Crippen LogP contribution in [0.4, 0.5) is 5.82 Å². The van der Waals surface area contributed by atoms with E-state index in [1.165, 1.54) is 24.0 Å². The predicted octanol–water partition coefficient (Wildman–Crippen LogP) is 6.23. The minimum absolute atomic E-state index is 0.368. The molecule has 4 aliphatic rings. The van der Waals surface area contributed by atoms with Gasteiger partial charge in [0.15, 0.2) is 5.82 Å². The number of hydrogen-bond acceptors (Lipinski definition) is 6. The van der Waals surface area contributed by atoms with Crippen molar-refractivity contribution in [3.63, 3.8) is 0 Å². The second-order valence-electron chi connectivity index (χ2n) is 11.3. The van der Waals surface area contributed by atoms with E-state index in [0.29, 0.717) is 11.3 Å². The highest BCUT2D eigenvalue weighted by Gasteiger charge is 2.48. The molecule has 7 rings (SSSR count). The van der Waals surface area contributed by atoms with Crippen LogP contribution in [0.1, 0.15) is 72.7 Å². The second-order valence-corrected chi connectivity index (χ2v) is 12.7. The zero-order valence-corrected chi connectivity index (χ0v) is 22.2. The van der Waals surface area contributed by atoms with Crippen LogP contribution in [0.5, 0.6) is 0 Å². The molecule has 3 aromatic rings. The summed E-state index contributed by atoms with van der Waals surface area (Å²) in [5.41, 5.74) is 5.19. The summed E-state index contributed by atoms with van der Waals surface area (Å²) in [7, 11) is 0. The van der Waals surface area contributed by atoms with Crippen molar-refractivity contribution in [3.05, 3.63) is 69.8 Å². The number of halogens is 1. The average Bonchev–Trinajstić information content (AvgIpc) is 3.81. The molecule has 0 amide bonds. The van der Waals surface area contributed by atoms with Crippen LogP contribution in [-0.2, 0) is 18.4 Å². The Morgan fingerprint density at radius 3 is 2.33 bits per heavy atom. The van der Waals surface area contributed by atoms with Gasteiger partial charge in [-0.15, -0.1) is 0 Å². The monoisotopic (exact) mass is 518 g/mol. The summed E-state index contributed by atoms with van der Waals surface area (Å²) in [6.07, 6.45) is 10.3. The largest absolute Gasteiger partial charge is 0.383 e. The molecule has 7 heteroatoms. The molecular weight excluding hydrogens is 488 g/mol. The molecule has 3 heterocycles. The van der Waals surface area contributed by atoms with E-state index in [9.17, 15) is 5.11 Å². The third-order valence-electron chi connectivity index (χ3n) is 8.60. The Morgan fingerprint density at radius 1 is 1.00 bits per heavy atom. The molecule has 186 valence electrons. The molecule has 1 aliphatic heterocycles. The van der Waals surface area contributed by atoms with Gasteiger partial charge in [0.25, 0.3) is 0 Å². The predicted molar refractivity (Wildman–Crippen MR) is 143 cm³/mol. The fraction of sp³-hybridized carbons (Fsp3) is 0.483. The number of rotatable bonds is 5. The number of aryl methyl sites for hydroxylation is 1. The highest BCUT2D eigenvalue weighted by Crippen LogP contribution is 2.51. The minimum atomic E-state index is -0.856. The first-order chi connectivity index (χ1) is 17.4. The Bertz CT molecular complexity index is 1320. The van der Waals surface area contributed by atoms with Crippen LogP contribution in [0, 0.1) is 12.3 Å². The van der Waals surface area contributed by atoms with E-state index in [1.54, 1.807) is 11.8 Å². The lowest BCUT2D eigenvalue weighted by Crippen LogP contribution is -2.42. The highest BCUT2D eigenvalue weighted by molar-refractivity contribution is 7.99. The van der Waals surface area contributed by atoms with Gasteiger partial charge in [0.2, 0.25) is 0 Å². The van der Waals surface area contributed by atoms with Crippen molar-refractivity contribution in [1.29, 1.82) is 0 Å². The molecule has 1 N–H and O–H groups in total. The SMILES string of the molecule is Cc1nc(N2CCC3(CC2)Cc2ccccc2C3)c(C2(O)CC2)nc1Sc1ccnc(C2CC2)c1Cl. The molecule has 0 radical (unpaired) electrons. The van der Waals surface area contributed by atoms with Gasteiger partial charge in [-0.05, 0) is 80.9 Å². The number of piperidine rings is 1. The molecule has 0 atom stereocenters. The Kier molecular flexibility index (Phi) is 5.39. The molecular formula is C29H31ClN4OS. The fourth-order valence-electron chi connectivity index (χ4n) is 6.06. The van der Waals surface area contributed by atoms with Crippen LogP contribution < -0.4 is 4.90 Å². The smallest absolute Gasteiger partial charge is 0.153 e. The molecule has 3 fully saturated rings. The van der Waals surface area contributed by atoms with E-state index >= 15 is 0 Å². The van der Waals surface area contributed by atoms with Crippen LogP contribution in [0.2, 0.25) is 5.02 Å². The lowest BCUT2D eigenvalue weighted by molar-refractivity contribution is 0.145. The summed E-state index contributed by atoms with van der Waals surface area (Å²) in [5, 5.41) is 12.8. The Morgan fingerprint density at radius 2 is 1.69 bits per heavy atom. The number of pyridine rings is 1. The third-order valence-corrected chi connectivity index (χ3v) is 10.2. The quantitative estimate of drug-likeness (QED) is 0.432. The first-order valence-electron chi connectivity index (χ1n) is 13.2. The Hall–Kier alpha value is -2.15. The van der Waals surface area contributed by atoms with Gasteiger partial charge in [0.05, 0.1) is 16.4 Å². The van der Waals surface area contributed by atoms with Crippen molar-refractivity contribution in [2.75, 3.05) is 18.0 Å². The molecule has 2 saturated carbocycles. The average molecular weight is 519 g/mol. The standard InChI is InChI=1S/C29H31ClN4OS/c1-18-27(36-22-8-13-31-24(23(22)30)19-6-7-19)33-25(29(35)9-10-29)26(32-18)34-14-11-28(12-15-34)16-20-4-2-3-5-21(20)17-28/h2-5,8,13,19,35H,6-7,9-12,14-17H2,1H3. The van der Waals surface area contributed by atoms with Crippen molar-refractivity contribution >= 4 is 29.2 Å². The maximum absolute atomic E-state index is 11.2. The second kappa shape index (κ2) is 8.44. The van der Waals surface area contributed by atoms with Gasteiger partial charge in [-0.1, -0.05) is 47.6 Å². The first kappa shape index (κ1) is 23.0. The molecule has 1 saturated heterocycles. The number of aliphatic hydroxyl groups is 1. The minimum Gasteiger partial charge on any atom is -0.383 e. The molecule has 36 heavy (non-hydrogen) atoms. The van der Waals surface area contributed by atoms with Gasteiger partial charge in [0, 0.05) is 30.1 Å². The van der Waals surface area contributed by atoms with Gasteiger partial charge in [-0.25, -0.2) is 9.97 Å². The number of benzene rings is 1.